The van der Waals surface area contributed by atoms with Gasteiger partial charge in [0, 0.05) is 24.3 Å². The Labute approximate surface area is 187 Å². The second kappa shape index (κ2) is 15.5. The van der Waals surface area contributed by atoms with Crippen molar-refractivity contribution in [3.8, 4) is 0 Å². The van der Waals surface area contributed by atoms with Crippen molar-refractivity contribution in [2.45, 2.75) is 0 Å². The summed E-state index contributed by atoms with van der Waals surface area (Å²) < 4.78 is 5.25. The minimum absolute atomic E-state index is 0. The zero-order chi connectivity index (χ0) is 22.4. The van der Waals surface area contributed by atoms with E-state index in [9.17, 15) is 4.79 Å². The first-order valence-electron chi connectivity index (χ1n) is 9.04. The second-order valence-electron chi connectivity index (χ2n) is 5.85. The van der Waals surface area contributed by atoms with Gasteiger partial charge in [0.25, 0.3) is 5.91 Å². The van der Waals surface area contributed by atoms with E-state index < -0.39 is 0 Å². The molecule has 0 spiro atoms. The lowest BCUT2D eigenvalue weighted by Crippen LogP contribution is -2.40. The summed E-state index contributed by atoms with van der Waals surface area (Å²) in [5.74, 6) is 0.0911. The molecule has 8 N–H and O–H groups in total. The summed E-state index contributed by atoms with van der Waals surface area (Å²) in [6, 6.07) is 7.04. The van der Waals surface area contributed by atoms with Gasteiger partial charge in [0.05, 0.1) is 25.7 Å². The summed E-state index contributed by atoms with van der Waals surface area (Å²) in [6.07, 6.45) is 2.12. The highest BCUT2D eigenvalue weighted by molar-refractivity contribution is 5.94. The number of ether oxygens (including phenoxy) is 1. The Morgan fingerprint density at radius 2 is 1.74 bits per heavy atom. The molecule has 1 aromatic heterocycles. The predicted octanol–water partition coefficient (Wildman–Crippen LogP) is 0.181. The van der Waals surface area contributed by atoms with Gasteiger partial charge in [0.1, 0.15) is 11.5 Å². The van der Waals surface area contributed by atoms with E-state index in [2.05, 4.69) is 31.5 Å². The summed E-state index contributed by atoms with van der Waals surface area (Å²) >= 11 is 0. The number of amidine groups is 1. The number of carbonyl (C=O) groups excluding carboxylic acids is 1. The maximum Gasteiger partial charge on any atom is 0.254 e. The van der Waals surface area contributed by atoms with E-state index in [1.807, 2.05) is 14.1 Å². The van der Waals surface area contributed by atoms with Gasteiger partial charge in [-0.25, -0.2) is 4.98 Å². The second-order valence-corrected chi connectivity index (χ2v) is 5.85. The van der Waals surface area contributed by atoms with Gasteiger partial charge in [-0.1, -0.05) is 0 Å². The van der Waals surface area contributed by atoms with Crippen LogP contribution in [0.5, 0.6) is 0 Å². The number of morpholine rings is 1. The average Bonchev–Trinajstić information content (AvgIpc) is 2.76. The fourth-order valence-corrected chi connectivity index (χ4v) is 2.23. The monoisotopic (exact) mass is 452 g/mol. The fourth-order valence-electron chi connectivity index (χ4n) is 2.23. The molecule has 0 aliphatic carbocycles. The van der Waals surface area contributed by atoms with Gasteiger partial charge >= 0.3 is 0 Å². The molecule has 1 fully saturated rings. The Hall–Kier alpha value is -3.35. The van der Waals surface area contributed by atoms with E-state index in [0.717, 1.165) is 12.0 Å². The van der Waals surface area contributed by atoms with Crippen LogP contribution in [0.3, 0.4) is 0 Å². The lowest BCUT2D eigenvalue weighted by atomic mass is 10.1. The third-order valence-corrected chi connectivity index (χ3v) is 3.52. The summed E-state index contributed by atoms with van der Waals surface area (Å²) in [5, 5.41) is 26.5. The molecule has 2 aromatic rings. The average molecular weight is 453 g/mol. The van der Waals surface area contributed by atoms with Gasteiger partial charge < -0.3 is 31.7 Å². The lowest BCUT2D eigenvalue weighted by molar-refractivity contribution is 0.0303. The molecule has 12 nitrogen and oxygen atoms in total. The van der Waals surface area contributed by atoms with Crippen molar-refractivity contribution in [1.82, 2.24) is 25.4 Å². The van der Waals surface area contributed by atoms with Gasteiger partial charge in [-0.05, 0) is 38.4 Å². The van der Waals surface area contributed by atoms with Crippen molar-refractivity contribution >= 4 is 42.1 Å². The number of anilines is 2. The Morgan fingerprint density at radius 3 is 2.19 bits per heavy atom. The van der Waals surface area contributed by atoms with E-state index in [-0.39, 0.29) is 35.8 Å². The van der Waals surface area contributed by atoms with Crippen LogP contribution in [0.15, 0.2) is 30.5 Å². The van der Waals surface area contributed by atoms with Gasteiger partial charge in [-0.15, -0.1) is 22.6 Å². The van der Waals surface area contributed by atoms with E-state index >= 15 is 0 Å². The predicted molar refractivity (Wildman–Crippen MR) is 122 cm³/mol. The molecule has 0 atom stereocenters. The minimum Gasteiger partial charge on any atom is -0.390 e. The van der Waals surface area contributed by atoms with Crippen LogP contribution in [0.1, 0.15) is 16.1 Å². The van der Waals surface area contributed by atoms with Crippen LogP contribution in [0, 0.1) is 10.8 Å². The van der Waals surface area contributed by atoms with Crippen LogP contribution in [0.4, 0.5) is 11.6 Å². The van der Waals surface area contributed by atoms with Crippen molar-refractivity contribution < 1.29 is 9.53 Å². The fraction of sp³-hybridized carbons (Fsp3) is 0.333. The SMILES string of the molecule is CNC.Cl.N=C(N)c1cnc(Nc2ccc(C(=O)N3CCOCC3)cc2)nn1.N=CN. The minimum atomic E-state index is -0.187. The first kappa shape index (κ1) is 27.6. The summed E-state index contributed by atoms with van der Waals surface area (Å²) in [4.78, 5) is 18.2. The quantitative estimate of drug-likeness (QED) is 0.277. The van der Waals surface area contributed by atoms with Crippen LogP contribution >= 0.6 is 12.4 Å². The van der Waals surface area contributed by atoms with Crippen LogP contribution in [-0.4, -0.2) is 78.6 Å². The first-order chi connectivity index (χ1) is 14.5. The van der Waals surface area contributed by atoms with Crippen molar-refractivity contribution in [2.24, 2.45) is 11.5 Å². The molecule has 170 valence electrons. The highest BCUT2D eigenvalue weighted by Crippen LogP contribution is 2.15. The van der Waals surface area contributed by atoms with E-state index in [1.165, 1.54) is 6.20 Å². The number of nitrogen functional groups attached to an aromatic ring is 1. The zero-order valence-electron chi connectivity index (χ0n) is 17.5. The number of aromatic nitrogens is 3. The maximum atomic E-state index is 12.4. The van der Waals surface area contributed by atoms with E-state index in [0.29, 0.717) is 31.9 Å². The van der Waals surface area contributed by atoms with Crippen LogP contribution in [-0.2, 0) is 4.74 Å². The van der Waals surface area contributed by atoms with Gasteiger partial charge in [-0.2, -0.15) is 0 Å². The first-order valence-corrected chi connectivity index (χ1v) is 9.04. The Morgan fingerprint density at radius 1 is 1.19 bits per heavy atom. The van der Waals surface area contributed by atoms with E-state index in [1.54, 1.807) is 29.2 Å². The molecule has 3 rings (SSSR count). The number of halogens is 1. The van der Waals surface area contributed by atoms with Crippen LogP contribution in [0.2, 0.25) is 0 Å². The van der Waals surface area contributed by atoms with Crippen molar-refractivity contribution in [1.29, 1.82) is 10.8 Å². The van der Waals surface area contributed by atoms with Crippen molar-refractivity contribution in [3.63, 3.8) is 0 Å². The zero-order valence-corrected chi connectivity index (χ0v) is 18.3. The standard InChI is InChI=1S/C15H17N7O2.C2H7N.CH4N2.ClH/c16-13(17)12-9-18-15(21-20-12)19-11-3-1-10(2-4-11)14(23)22-5-7-24-8-6-22;1-3-2;2-1-3;/h1-4,9H,5-8H2,(H3,16,17)(H,18,19,21);3H,1-2H3;1H,(H3,2,3);1H. The molecule has 2 heterocycles. The molecule has 1 amide bonds. The van der Waals surface area contributed by atoms with Crippen molar-refractivity contribution in [3.05, 3.63) is 41.7 Å². The largest absolute Gasteiger partial charge is 0.390 e. The molecular weight excluding hydrogens is 424 g/mol. The van der Waals surface area contributed by atoms with Gasteiger partial charge in [0.2, 0.25) is 5.95 Å². The molecule has 0 unspecified atom stereocenters. The molecule has 31 heavy (non-hydrogen) atoms. The molecule has 1 aliphatic heterocycles. The van der Waals surface area contributed by atoms with Crippen LogP contribution in [0.25, 0.3) is 0 Å². The number of benzene rings is 1. The smallest absolute Gasteiger partial charge is 0.254 e. The molecular formula is C18H29ClN10O2. The Kier molecular flexibility index (Phi) is 13.8. The normalized spacial score (nSPS) is 12.0. The third-order valence-electron chi connectivity index (χ3n) is 3.52. The third kappa shape index (κ3) is 9.80. The molecule has 13 heteroatoms. The number of amides is 1. The number of hydrogen-bond donors (Lipinski definition) is 6. The topological polar surface area (TPSA) is 192 Å². The lowest BCUT2D eigenvalue weighted by Gasteiger charge is -2.26. The molecule has 0 bridgehead atoms. The number of carbonyl (C=O) groups is 1. The molecule has 1 saturated heterocycles. The summed E-state index contributed by atoms with van der Waals surface area (Å²) in [5.41, 5.74) is 11.2. The highest BCUT2D eigenvalue weighted by atomic mass is 35.5. The number of hydrogen-bond acceptors (Lipinski definition) is 9. The number of nitrogens with two attached hydrogens (primary N) is 2. The summed E-state index contributed by atoms with van der Waals surface area (Å²) in [6.45, 7) is 2.37. The number of rotatable bonds is 4. The Bertz CT molecular complexity index is 796. The molecule has 0 radical (unpaired) electrons. The highest BCUT2D eigenvalue weighted by Gasteiger charge is 2.18. The molecule has 1 aromatic carbocycles. The number of nitrogens with zero attached hydrogens (tertiary/aromatic N) is 4. The Balaban J connectivity index is 0.00000116. The molecule has 0 saturated carbocycles. The maximum absolute atomic E-state index is 12.4. The van der Waals surface area contributed by atoms with Crippen molar-refractivity contribution in [2.75, 3.05) is 45.7 Å². The molecule has 1 aliphatic rings. The number of nitrogens with one attached hydrogen (secondary N) is 4. The van der Waals surface area contributed by atoms with Gasteiger partial charge in [0.15, 0.2) is 0 Å². The summed E-state index contributed by atoms with van der Waals surface area (Å²) in [7, 11) is 3.75. The van der Waals surface area contributed by atoms with Crippen LogP contribution < -0.4 is 22.1 Å². The van der Waals surface area contributed by atoms with Gasteiger partial charge in [-0.3, -0.25) is 15.6 Å². The van der Waals surface area contributed by atoms with E-state index in [4.69, 9.17) is 21.3 Å².